The first-order valence-electron chi connectivity index (χ1n) is 5.13. The summed E-state index contributed by atoms with van der Waals surface area (Å²) in [7, 11) is -2.60. The minimum atomic E-state index is -4.31. The molecule has 0 saturated carbocycles. The van der Waals surface area contributed by atoms with Gasteiger partial charge in [-0.3, -0.25) is 0 Å². The molecule has 0 aliphatic carbocycles. The summed E-state index contributed by atoms with van der Waals surface area (Å²) in [6, 6.07) is 0.645. The minimum Gasteiger partial charge on any atom is -0.395 e. The Bertz CT molecular complexity index is 230. The molecule has 90 valence electrons. The van der Waals surface area contributed by atoms with E-state index in [9.17, 15) is 13.2 Å². The highest BCUT2D eigenvalue weighted by Crippen LogP contribution is 2.44. The fourth-order valence-electron chi connectivity index (χ4n) is 1.93. The van der Waals surface area contributed by atoms with Gasteiger partial charge in [0.05, 0.1) is 0 Å². The zero-order chi connectivity index (χ0) is 11.7. The van der Waals surface area contributed by atoms with Gasteiger partial charge in [-0.15, -0.1) is 0 Å². The Kier molecular flexibility index (Phi) is 3.52. The van der Waals surface area contributed by atoms with Gasteiger partial charge < -0.3 is 8.85 Å². The summed E-state index contributed by atoms with van der Waals surface area (Å²) < 4.78 is 48.9. The summed E-state index contributed by atoms with van der Waals surface area (Å²) in [5, 5.41) is 0. The normalized spacial score (nSPS) is 38.0. The molecule has 1 aliphatic rings. The maximum absolute atomic E-state index is 12.8. The van der Waals surface area contributed by atoms with Crippen molar-refractivity contribution in [1.29, 1.82) is 0 Å². The van der Waals surface area contributed by atoms with E-state index < -0.39 is 20.3 Å². The van der Waals surface area contributed by atoms with Crippen molar-refractivity contribution in [3.63, 3.8) is 0 Å². The van der Waals surface area contributed by atoms with Crippen LogP contribution in [0.5, 0.6) is 0 Å². The Morgan fingerprint density at radius 1 is 1.47 bits per heavy atom. The van der Waals surface area contributed by atoms with Crippen molar-refractivity contribution < 1.29 is 22.0 Å². The average molecular weight is 242 g/mol. The van der Waals surface area contributed by atoms with E-state index in [-0.39, 0.29) is 6.42 Å². The molecule has 0 amide bonds. The molecule has 1 saturated heterocycles. The van der Waals surface area contributed by atoms with Crippen molar-refractivity contribution in [2.45, 2.75) is 51.1 Å². The van der Waals surface area contributed by atoms with Crippen molar-refractivity contribution >= 4 is 8.56 Å². The van der Waals surface area contributed by atoms with Crippen LogP contribution in [-0.2, 0) is 8.85 Å². The molecule has 15 heavy (non-hydrogen) atoms. The van der Waals surface area contributed by atoms with Crippen LogP contribution < -0.4 is 0 Å². The van der Waals surface area contributed by atoms with E-state index >= 15 is 0 Å². The van der Waals surface area contributed by atoms with Crippen molar-refractivity contribution in [1.82, 2.24) is 0 Å². The number of rotatable bonds is 2. The van der Waals surface area contributed by atoms with Crippen LogP contribution in [0.1, 0.15) is 26.7 Å². The largest absolute Gasteiger partial charge is 0.416 e. The van der Waals surface area contributed by atoms with Gasteiger partial charge in [-0.2, -0.15) is 13.2 Å². The maximum Gasteiger partial charge on any atom is 0.416 e. The van der Waals surface area contributed by atoms with Crippen LogP contribution in [-0.4, -0.2) is 26.9 Å². The van der Waals surface area contributed by atoms with Crippen molar-refractivity contribution in [2.75, 3.05) is 6.61 Å². The van der Waals surface area contributed by atoms with E-state index in [1.54, 1.807) is 13.5 Å². The third-order valence-corrected chi connectivity index (χ3v) is 5.82. The third kappa shape index (κ3) is 2.73. The molecule has 0 N–H and O–H groups in total. The lowest BCUT2D eigenvalue weighted by atomic mass is 10.0. The summed E-state index contributed by atoms with van der Waals surface area (Å²) in [5.74, 6) is 0. The predicted octanol–water partition coefficient (Wildman–Crippen LogP) is 3.23. The standard InChI is InChI=1S/C9H17F3O2Si/c1-4-13-15(3)7-5-6-8(2,14-15)9(10,11)12/h4-7H2,1-3H3. The van der Waals surface area contributed by atoms with E-state index in [4.69, 9.17) is 8.85 Å². The van der Waals surface area contributed by atoms with E-state index in [1.165, 1.54) is 0 Å². The molecule has 2 atom stereocenters. The summed E-state index contributed by atoms with van der Waals surface area (Å²) >= 11 is 0. The van der Waals surface area contributed by atoms with E-state index in [2.05, 4.69) is 0 Å². The highest BCUT2D eigenvalue weighted by atomic mass is 28.4. The fraction of sp³-hybridized carbons (Fsp3) is 1.00. The molecule has 0 spiro atoms. The second kappa shape index (κ2) is 4.07. The molecular weight excluding hydrogens is 225 g/mol. The quantitative estimate of drug-likeness (QED) is 0.692. The van der Waals surface area contributed by atoms with Crippen molar-refractivity contribution in [2.24, 2.45) is 0 Å². The van der Waals surface area contributed by atoms with Gasteiger partial charge in [0.1, 0.15) is 0 Å². The van der Waals surface area contributed by atoms with Gasteiger partial charge >= 0.3 is 14.7 Å². The smallest absolute Gasteiger partial charge is 0.395 e. The lowest BCUT2D eigenvalue weighted by molar-refractivity contribution is -0.255. The molecule has 2 nitrogen and oxygen atoms in total. The topological polar surface area (TPSA) is 18.5 Å². The molecule has 1 heterocycles. The van der Waals surface area contributed by atoms with Crippen LogP contribution in [0.4, 0.5) is 13.2 Å². The molecule has 1 rings (SSSR count). The molecule has 2 unspecified atom stereocenters. The molecule has 0 aromatic rings. The van der Waals surface area contributed by atoms with Gasteiger partial charge in [-0.1, -0.05) is 0 Å². The number of alkyl halides is 3. The SMILES string of the molecule is CCO[Si]1(C)CCCC(C)(C(F)(F)F)O1. The Morgan fingerprint density at radius 3 is 2.53 bits per heavy atom. The van der Waals surface area contributed by atoms with Crippen LogP contribution in [0.2, 0.25) is 12.6 Å². The van der Waals surface area contributed by atoms with Crippen molar-refractivity contribution in [3.8, 4) is 0 Å². The highest BCUT2D eigenvalue weighted by molar-refractivity contribution is 6.66. The van der Waals surface area contributed by atoms with Gasteiger partial charge in [0.25, 0.3) is 0 Å². The summed E-state index contributed by atoms with van der Waals surface area (Å²) in [6.07, 6.45) is -3.75. The van der Waals surface area contributed by atoms with Gasteiger partial charge in [0.2, 0.25) is 0 Å². The maximum atomic E-state index is 12.8. The zero-order valence-electron chi connectivity index (χ0n) is 9.28. The van der Waals surface area contributed by atoms with E-state index in [0.717, 1.165) is 6.92 Å². The highest BCUT2D eigenvalue weighted by Gasteiger charge is 2.58. The predicted molar refractivity (Wildman–Crippen MR) is 52.8 cm³/mol. The molecule has 0 bridgehead atoms. The minimum absolute atomic E-state index is 0.0339. The second-order valence-electron chi connectivity index (χ2n) is 4.25. The van der Waals surface area contributed by atoms with E-state index in [1.807, 2.05) is 0 Å². The van der Waals surface area contributed by atoms with Crippen LogP contribution in [0.3, 0.4) is 0 Å². The van der Waals surface area contributed by atoms with Gasteiger partial charge in [-0.25, -0.2) is 0 Å². The van der Waals surface area contributed by atoms with Gasteiger partial charge in [0.15, 0.2) is 5.60 Å². The molecular formula is C9H17F3O2Si. The lowest BCUT2D eigenvalue weighted by Gasteiger charge is -2.43. The first-order valence-corrected chi connectivity index (χ1v) is 7.66. The molecule has 0 radical (unpaired) electrons. The summed E-state index contributed by atoms with van der Waals surface area (Å²) in [6.45, 7) is 5.02. The summed E-state index contributed by atoms with van der Waals surface area (Å²) in [4.78, 5) is 0. The number of hydrogen-bond acceptors (Lipinski definition) is 2. The van der Waals surface area contributed by atoms with Crippen LogP contribution in [0, 0.1) is 0 Å². The van der Waals surface area contributed by atoms with Crippen LogP contribution >= 0.6 is 0 Å². The van der Waals surface area contributed by atoms with Crippen LogP contribution in [0.15, 0.2) is 0 Å². The second-order valence-corrected chi connectivity index (χ2v) is 7.51. The zero-order valence-corrected chi connectivity index (χ0v) is 10.3. The average Bonchev–Trinajstić information content (AvgIpc) is 2.00. The van der Waals surface area contributed by atoms with Gasteiger partial charge in [0, 0.05) is 6.61 Å². The fourth-order valence-corrected chi connectivity index (χ4v) is 4.84. The van der Waals surface area contributed by atoms with E-state index in [0.29, 0.717) is 19.1 Å². The Labute approximate surface area is 89.0 Å². The third-order valence-electron chi connectivity index (χ3n) is 2.78. The molecule has 1 aliphatic heterocycles. The Balaban J connectivity index is 2.79. The first kappa shape index (κ1) is 13.0. The molecule has 0 aromatic heterocycles. The molecule has 6 heteroatoms. The number of halogens is 3. The Morgan fingerprint density at radius 2 is 2.07 bits per heavy atom. The van der Waals surface area contributed by atoms with Gasteiger partial charge in [-0.05, 0) is 39.3 Å². The lowest BCUT2D eigenvalue weighted by Crippen LogP contribution is -2.57. The number of hydrogen-bond donors (Lipinski definition) is 0. The Hall–Kier alpha value is -0.0731. The molecule has 0 aromatic carbocycles. The monoisotopic (exact) mass is 242 g/mol. The van der Waals surface area contributed by atoms with Crippen molar-refractivity contribution in [3.05, 3.63) is 0 Å². The summed E-state index contributed by atoms with van der Waals surface area (Å²) in [5.41, 5.74) is -2.01. The molecule has 1 fully saturated rings. The first-order chi connectivity index (χ1) is 6.72. The van der Waals surface area contributed by atoms with Crippen LogP contribution in [0.25, 0.3) is 0 Å².